The fourth-order valence-electron chi connectivity index (χ4n) is 2.96. The summed E-state index contributed by atoms with van der Waals surface area (Å²) < 4.78 is 5.47. The van der Waals surface area contributed by atoms with Crippen molar-refractivity contribution in [2.45, 2.75) is 58.7 Å². The highest BCUT2D eigenvalue weighted by Gasteiger charge is 2.41. The summed E-state index contributed by atoms with van der Waals surface area (Å²) in [5.74, 6) is 1.87. The normalized spacial score (nSPS) is 16.7. The lowest BCUT2D eigenvalue weighted by atomic mass is 10.0. The molecule has 2 nitrogen and oxygen atoms in total. The SMILES string of the molecule is CCC(=NC(C)(CC)C[S+]1c2ccccc2Sc2ccccc21)OC. The largest absolute Gasteiger partial charge is 0.484 e. The summed E-state index contributed by atoms with van der Waals surface area (Å²) in [5.41, 5.74) is -0.118. The van der Waals surface area contributed by atoms with Crippen LogP contribution >= 0.6 is 11.8 Å². The van der Waals surface area contributed by atoms with Crippen molar-refractivity contribution in [1.82, 2.24) is 0 Å². The van der Waals surface area contributed by atoms with Gasteiger partial charge in [-0.25, -0.2) is 4.99 Å². The second-order valence-corrected chi connectivity index (χ2v) is 9.48. The lowest BCUT2D eigenvalue weighted by Gasteiger charge is -2.27. The molecule has 0 saturated heterocycles. The highest BCUT2D eigenvalue weighted by atomic mass is 32.2. The molecular formula is C21H26NOS2+. The van der Waals surface area contributed by atoms with Crippen LogP contribution in [0, 0.1) is 0 Å². The number of aliphatic imine (C=N–C) groups is 1. The van der Waals surface area contributed by atoms with Crippen LogP contribution in [0.3, 0.4) is 0 Å². The van der Waals surface area contributed by atoms with Crippen molar-refractivity contribution in [3.63, 3.8) is 0 Å². The number of methoxy groups -OCH3 is 1. The van der Waals surface area contributed by atoms with Crippen LogP contribution < -0.4 is 0 Å². The number of rotatable bonds is 5. The highest BCUT2D eigenvalue weighted by Crippen LogP contribution is 2.46. The van der Waals surface area contributed by atoms with Gasteiger partial charge in [0, 0.05) is 6.42 Å². The zero-order valence-corrected chi connectivity index (χ0v) is 17.0. The Kier molecular flexibility index (Phi) is 5.80. The molecule has 2 aromatic carbocycles. The van der Waals surface area contributed by atoms with Gasteiger partial charge in [0.2, 0.25) is 0 Å². The van der Waals surface area contributed by atoms with Crippen LogP contribution in [0.15, 0.2) is 73.1 Å². The Morgan fingerprint density at radius 3 is 2.08 bits per heavy atom. The van der Waals surface area contributed by atoms with E-state index in [4.69, 9.17) is 9.73 Å². The number of benzene rings is 2. The molecular weight excluding hydrogens is 346 g/mol. The third-order valence-corrected chi connectivity index (χ3v) is 8.69. The van der Waals surface area contributed by atoms with Crippen LogP contribution in [-0.2, 0) is 15.6 Å². The lowest BCUT2D eigenvalue weighted by molar-refractivity contribution is 0.375. The second kappa shape index (κ2) is 7.88. The number of nitrogens with zero attached hydrogens (tertiary/aromatic N) is 1. The van der Waals surface area contributed by atoms with Crippen LogP contribution in [0.4, 0.5) is 0 Å². The molecule has 2 aromatic rings. The van der Waals surface area contributed by atoms with Crippen LogP contribution in [0.25, 0.3) is 0 Å². The molecule has 132 valence electrons. The van der Waals surface area contributed by atoms with Gasteiger partial charge in [0.1, 0.15) is 11.3 Å². The van der Waals surface area contributed by atoms with Crippen molar-refractivity contribution < 1.29 is 4.74 Å². The monoisotopic (exact) mass is 372 g/mol. The van der Waals surface area contributed by atoms with Crippen LogP contribution in [0.1, 0.15) is 33.6 Å². The van der Waals surface area contributed by atoms with Gasteiger partial charge in [-0.15, -0.1) is 0 Å². The molecule has 0 N–H and O–H groups in total. The van der Waals surface area contributed by atoms with Gasteiger partial charge in [-0.1, -0.05) is 49.9 Å². The van der Waals surface area contributed by atoms with E-state index in [0.29, 0.717) is 0 Å². The molecule has 3 rings (SSSR count). The summed E-state index contributed by atoms with van der Waals surface area (Å²) in [6.07, 6.45) is 1.84. The molecule has 0 spiro atoms. The van der Waals surface area contributed by atoms with E-state index in [0.717, 1.165) is 24.5 Å². The Bertz CT molecular complexity index is 722. The fourth-order valence-corrected chi connectivity index (χ4v) is 7.23. The van der Waals surface area contributed by atoms with E-state index in [1.165, 1.54) is 19.6 Å². The Labute approximate surface area is 158 Å². The minimum Gasteiger partial charge on any atom is -0.484 e. The lowest BCUT2D eigenvalue weighted by Crippen LogP contribution is -2.34. The Morgan fingerprint density at radius 1 is 1.04 bits per heavy atom. The molecule has 0 radical (unpaired) electrons. The van der Waals surface area contributed by atoms with E-state index in [9.17, 15) is 0 Å². The maximum absolute atomic E-state index is 5.47. The van der Waals surface area contributed by atoms with Crippen molar-refractivity contribution in [2.24, 2.45) is 4.99 Å². The molecule has 0 aliphatic carbocycles. The summed E-state index contributed by atoms with van der Waals surface area (Å²) in [5, 5.41) is 0. The van der Waals surface area contributed by atoms with Gasteiger partial charge < -0.3 is 4.74 Å². The summed E-state index contributed by atoms with van der Waals surface area (Å²) >= 11 is 1.89. The summed E-state index contributed by atoms with van der Waals surface area (Å²) in [6, 6.07) is 17.7. The van der Waals surface area contributed by atoms with Crippen LogP contribution in [-0.4, -0.2) is 24.3 Å². The smallest absolute Gasteiger partial charge is 0.183 e. The first-order valence-electron chi connectivity index (χ1n) is 8.79. The first-order chi connectivity index (χ1) is 12.1. The molecule has 1 atom stereocenters. The Morgan fingerprint density at radius 2 is 1.60 bits per heavy atom. The maximum Gasteiger partial charge on any atom is 0.183 e. The average Bonchev–Trinajstić information content (AvgIpc) is 2.66. The quantitative estimate of drug-likeness (QED) is 0.375. The van der Waals surface area contributed by atoms with E-state index in [1.54, 1.807) is 7.11 Å². The number of ether oxygens (including phenoxy) is 1. The van der Waals surface area contributed by atoms with Gasteiger partial charge in [-0.3, -0.25) is 0 Å². The van der Waals surface area contributed by atoms with E-state index >= 15 is 0 Å². The number of hydrogen-bond donors (Lipinski definition) is 0. The van der Waals surface area contributed by atoms with E-state index < -0.39 is 0 Å². The Hall–Kier alpha value is -1.39. The van der Waals surface area contributed by atoms with Gasteiger partial charge >= 0.3 is 0 Å². The van der Waals surface area contributed by atoms with Crippen molar-refractivity contribution >= 4 is 28.6 Å². The molecule has 0 amide bonds. The minimum atomic E-state index is -0.118. The van der Waals surface area contributed by atoms with Crippen molar-refractivity contribution in [3.05, 3.63) is 48.5 Å². The molecule has 1 aliphatic rings. The molecule has 0 aromatic heterocycles. The van der Waals surface area contributed by atoms with Crippen LogP contribution in [0.2, 0.25) is 0 Å². The number of fused-ring (bicyclic) bond motifs is 2. The third kappa shape index (κ3) is 3.90. The molecule has 0 fully saturated rings. The second-order valence-electron chi connectivity index (χ2n) is 6.44. The highest BCUT2D eigenvalue weighted by molar-refractivity contribution is 8.04. The maximum atomic E-state index is 5.47. The summed E-state index contributed by atoms with van der Waals surface area (Å²) in [4.78, 5) is 10.7. The van der Waals surface area contributed by atoms with Crippen molar-refractivity contribution in [3.8, 4) is 0 Å². The van der Waals surface area contributed by atoms with E-state index in [2.05, 4.69) is 69.3 Å². The topological polar surface area (TPSA) is 21.6 Å². The van der Waals surface area contributed by atoms with Gasteiger partial charge in [-0.2, -0.15) is 0 Å². The molecule has 0 saturated carbocycles. The average molecular weight is 373 g/mol. The standard InChI is InChI=1S/C21H26NOS2/c1-5-20(23-4)22-21(3,6-2)15-25-18-13-9-7-11-16(18)24-17-12-8-10-14-19(17)25/h7-14H,5-6,15H2,1-4H3/q+1. The van der Waals surface area contributed by atoms with Gasteiger partial charge in [0.25, 0.3) is 0 Å². The predicted octanol–water partition coefficient (Wildman–Crippen LogP) is 5.81. The first-order valence-corrected chi connectivity index (χ1v) is 11.0. The zero-order chi connectivity index (χ0) is 17.9. The minimum absolute atomic E-state index is 0.0323. The summed E-state index contributed by atoms with van der Waals surface area (Å²) in [6.45, 7) is 6.59. The zero-order valence-electron chi connectivity index (χ0n) is 15.4. The molecule has 1 unspecified atom stereocenters. The van der Waals surface area contributed by atoms with Gasteiger partial charge in [0.05, 0.1) is 27.8 Å². The third-order valence-electron chi connectivity index (χ3n) is 4.60. The van der Waals surface area contributed by atoms with Crippen molar-refractivity contribution in [2.75, 3.05) is 12.9 Å². The fraction of sp³-hybridized carbons (Fsp3) is 0.381. The Balaban J connectivity index is 2.03. The molecule has 0 bridgehead atoms. The molecule has 25 heavy (non-hydrogen) atoms. The molecule has 4 heteroatoms. The van der Waals surface area contributed by atoms with E-state index in [-0.39, 0.29) is 16.4 Å². The van der Waals surface area contributed by atoms with Crippen molar-refractivity contribution in [1.29, 1.82) is 0 Å². The van der Waals surface area contributed by atoms with E-state index in [1.807, 2.05) is 11.8 Å². The van der Waals surface area contributed by atoms with Gasteiger partial charge in [-0.05, 0) is 37.6 Å². The predicted molar refractivity (Wildman–Crippen MR) is 109 cm³/mol. The summed E-state index contributed by atoms with van der Waals surface area (Å²) in [7, 11) is 1.76. The number of hydrogen-bond acceptors (Lipinski definition) is 3. The molecule has 1 aliphatic heterocycles. The van der Waals surface area contributed by atoms with Crippen LogP contribution in [0.5, 0.6) is 0 Å². The first kappa shape index (κ1) is 18.4. The van der Waals surface area contributed by atoms with Gasteiger partial charge in [0.15, 0.2) is 15.7 Å². The molecule has 1 heterocycles.